The van der Waals surface area contributed by atoms with Crippen LogP contribution in [0.15, 0.2) is 58.3 Å². The molecule has 0 bridgehead atoms. The Balaban J connectivity index is 1.57. The molecule has 0 spiro atoms. The first-order chi connectivity index (χ1) is 14.4. The van der Waals surface area contributed by atoms with E-state index in [9.17, 15) is 13.2 Å². The number of para-hydroxylation sites is 1. The highest BCUT2D eigenvalue weighted by molar-refractivity contribution is 7.99. The van der Waals surface area contributed by atoms with Crippen molar-refractivity contribution in [2.75, 3.05) is 30.3 Å². The minimum absolute atomic E-state index is 0.0888. The van der Waals surface area contributed by atoms with E-state index in [1.165, 1.54) is 0 Å². The van der Waals surface area contributed by atoms with E-state index < -0.39 is 10.0 Å². The summed E-state index contributed by atoms with van der Waals surface area (Å²) in [5.41, 5.74) is 1.44. The predicted molar refractivity (Wildman–Crippen MR) is 122 cm³/mol. The number of sulfonamides is 1. The van der Waals surface area contributed by atoms with Gasteiger partial charge in [0.05, 0.1) is 10.6 Å². The summed E-state index contributed by atoms with van der Waals surface area (Å²) < 4.78 is 27.8. The van der Waals surface area contributed by atoms with Crippen LogP contribution in [0, 0.1) is 11.8 Å². The normalized spacial score (nSPS) is 22.9. The smallest absolute Gasteiger partial charge is 0.258 e. The highest BCUT2D eigenvalue weighted by Crippen LogP contribution is 2.34. The Labute approximate surface area is 183 Å². The van der Waals surface area contributed by atoms with Gasteiger partial charge in [-0.1, -0.05) is 26.0 Å². The van der Waals surface area contributed by atoms with Gasteiger partial charge in [0.15, 0.2) is 0 Å². The number of anilines is 1. The lowest BCUT2D eigenvalue weighted by atomic mass is 9.94. The number of carbonyl (C=O) groups excluding carboxylic acids is 1. The first-order valence-corrected chi connectivity index (χ1v) is 12.9. The summed E-state index contributed by atoms with van der Waals surface area (Å²) in [4.78, 5) is 16.4. The van der Waals surface area contributed by atoms with Gasteiger partial charge in [-0.25, -0.2) is 8.42 Å². The number of hydrogen-bond donors (Lipinski definition) is 0. The van der Waals surface area contributed by atoms with E-state index >= 15 is 0 Å². The second-order valence-electron chi connectivity index (χ2n) is 8.42. The monoisotopic (exact) mass is 444 g/mol. The lowest BCUT2D eigenvalue weighted by Gasteiger charge is -2.34. The van der Waals surface area contributed by atoms with Crippen LogP contribution in [0.4, 0.5) is 5.69 Å². The molecule has 0 aliphatic carbocycles. The first kappa shape index (κ1) is 21.4. The van der Waals surface area contributed by atoms with Crippen molar-refractivity contribution in [2.45, 2.75) is 36.5 Å². The number of hydrogen-bond acceptors (Lipinski definition) is 4. The van der Waals surface area contributed by atoms with Gasteiger partial charge >= 0.3 is 0 Å². The summed E-state index contributed by atoms with van der Waals surface area (Å²) in [5.74, 6) is 1.59. The lowest BCUT2D eigenvalue weighted by Crippen LogP contribution is -2.42. The number of thioether (sulfide) groups is 1. The lowest BCUT2D eigenvalue weighted by molar-refractivity contribution is 0.0986. The number of carbonyl (C=O) groups is 1. The van der Waals surface area contributed by atoms with Crippen molar-refractivity contribution in [3.8, 4) is 0 Å². The molecule has 2 aromatic rings. The molecule has 30 heavy (non-hydrogen) atoms. The van der Waals surface area contributed by atoms with Gasteiger partial charge in [0, 0.05) is 30.1 Å². The number of benzene rings is 2. The number of piperidine rings is 1. The fourth-order valence-electron chi connectivity index (χ4n) is 4.41. The number of rotatable bonds is 3. The molecule has 2 heterocycles. The molecule has 5 nitrogen and oxygen atoms in total. The van der Waals surface area contributed by atoms with Crippen LogP contribution >= 0.6 is 11.8 Å². The summed E-state index contributed by atoms with van der Waals surface area (Å²) in [5, 5.41) is 0. The maximum Gasteiger partial charge on any atom is 0.258 e. The van der Waals surface area contributed by atoms with E-state index in [1.807, 2.05) is 29.2 Å². The maximum atomic E-state index is 13.2. The first-order valence-electron chi connectivity index (χ1n) is 10.5. The van der Waals surface area contributed by atoms with E-state index in [2.05, 4.69) is 13.8 Å². The molecule has 2 atom stereocenters. The Kier molecular flexibility index (Phi) is 6.23. The third kappa shape index (κ3) is 4.29. The van der Waals surface area contributed by atoms with Crippen LogP contribution in [0.25, 0.3) is 0 Å². The summed E-state index contributed by atoms with van der Waals surface area (Å²) in [6, 6.07) is 14.4. The van der Waals surface area contributed by atoms with Crippen molar-refractivity contribution in [1.29, 1.82) is 0 Å². The van der Waals surface area contributed by atoms with Gasteiger partial charge in [0.1, 0.15) is 0 Å². The van der Waals surface area contributed by atoms with Crippen molar-refractivity contribution >= 4 is 33.4 Å². The molecule has 0 unspecified atom stereocenters. The average Bonchev–Trinajstić information content (AvgIpc) is 2.95. The van der Waals surface area contributed by atoms with Crippen LogP contribution in [0.1, 0.15) is 37.0 Å². The van der Waals surface area contributed by atoms with Crippen LogP contribution in [-0.4, -0.2) is 44.0 Å². The molecule has 0 saturated carbocycles. The molecule has 1 amide bonds. The molecule has 1 saturated heterocycles. The van der Waals surface area contributed by atoms with E-state index in [1.54, 1.807) is 40.3 Å². The molecule has 0 radical (unpaired) electrons. The molecule has 2 aliphatic heterocycles. The van der Waals surface area contributed by atoms with E-state index in [-0.39, 0.29) is 10.8 Å². The Bertz CT molecular complexity index is 1010. The average molecular weight is 445 g/mol. The van der Waals surface area contributed by atoms with Crippen molar-refractivity contribution in [1.82, 2.24) is 4.31 Å². The fourth-order valence-corrected chi connectivity index (χ4v) is 7.09. The van der Waals surface area contributed by atoms with Gasteiger partial charge in [0.2, 0.25) is 10.0 Å². The van der Waals surface area contributed by atoms with Crippen LogP contribution in [-0.2, 0) is 10.0 Å². The zero-order valence-corrected chi connectivity index (χ0v) is 19.1. The highest BCUT2D eigenvalue weighted by Gasteiger charge is 2.32. The van der Waals surface area contributed by atoms with E-state index in [0.717, 1.165) is 29.2 Å². The van der Waals surface area contributed by atoms with Crippen LogP contribution < -0.4 is 4.90 Å². The summed E-state index contributed by atoms with van der Waals surface area (Å²) in [6.45, 7) is 5.95. The second kappa shape index (κ2) is 8.73. The van der Waals surface area contributed by atoms with Crippen molar-refractivity contribution in [3.63, 3.8) is 0 Å². The zero-order valence-electron chi connectivity index (χ0n) is 17.5. The van der Waals surface area contributed by atoms with Crippen molar-refractivity contribution in [3.05, 3.63) is 54.1 Å². The topological polar surface area (TPSA) is 57.7 Å². The molecular formula is C23H28N2O3S2. The molecule has 2 aliphatic rings. The molecule has 1 fully saturated rings. The number of amides is 1. The van der Waals surface area contributed by atoms with E-state index in [4.69, 9.17) is 0 Å². The number of fused-ring (bicyclic) bond motifs is 1. The summed E-state index contributed by atoms with van der Waals surface area (Å²) >= 11 is 1.77. The van der Waals surface area contributed by atoms with Gasteiger partial charge in [0.25, 0.3) is 5.91 Å². The third-order valence-electron chi connectivity index (χ3n) is 5.76. The largest absolute Gasteiger partial charge is 0.307 e. The molecule has 4 rings (SSSR count). The standard InChI is InChI=1S/C23H28N2O3S2/c1-17-14-18(2)16-24(15-17)30(27,28)20-10-8-19(9-11-20)23(26)25-12-5-13-29-22-7-4-3-6-21(22)25/h3-4,6-11,17-18H,5,12-16H2,1-2H3/t17-,18+. The van der Waals surface area contributed by atoms with Crippen LogP contribution in [0.5, 0.6) is 0 Å². The predicted octanol–water partition coefficient (Wildman–Crippen LogP) is 4.50. The van der Waals surface area contributed by atoms with Gasteiger partial charge in [-0.3, -0.25) is 4.79 Å². The second-order valence-corrected chi connectivity index (χ2v) is 11.5. The molecule has 2 aromatic carbocycles. The van der Waals surface area contributed by atoms with Crippen LogP contribution in [0.2, 0.25) is 0 Å². The van der Waals surface area contributed by atoms with Gasteiger partial charge in [-0.15, -0.1) is 11.8 Å². The fraction of sp³-hybridized carbons (Fsp3) is 0.435. The number of nitrogens with zero attached hydrogens (tertiary/aromatic N) is 2. The Morgan fingerprint density at radius 2 is 1.67 bits per heavy atom. The molecule has 7 heteroatoms. The molecule has 0 aromatic heterocycles. The molecule has 160 valence electrons. The minimum atomic E-state index is -3.54. The summed E-state index contributed by atoms with van der Waals surface area (Å²) in [7, 11) is -3.54. The minimum Gasteiger partial charge on any atom is -0.307 e. The third-order valence-corrected chi connectivity index (χ3v) is 8.75. The zero-order chi connectivity index (χ0) is 21.3. The Hall–Kier alpha value is -1.83. The molecular weight excluding hydrogens is 416 g/mol. The van der Waals surface area contributed by atoms with Gasteiger partial charge in [-0.05, 0) is 66.8 Å². The van der Waals surface area contributed by atoms with Gasteiger partial charge in [-0.2, -0.15) is 4.31 Å². The Morgan fingerprint density at radius 3 is 2.37 bits per heavy atom. The summed E-state index contributed by atoms with van der Waals surface area (Å²) in [6.07, 6.45) is 1.97. The molecule has 0 N–H and O–H groups in total. The van der Waals surface area contributed by atoms with Crippen molar-refractivity contribution in [2.24, 2.45) is 11.8 Å². The van der Waals surface area contributed by atoms with Crippen LogP contribution in [0.3, 0.4) is 0 Å². The maximum absolute atomic E-state index is 13.2. The Morgan fingerprint density at radius 1 is 1.00 bits per heavy atom. The van der Waals surface area contributed by atoms with Crippen molar-refractivity contribution < 1.29 is 13.2 Å². The highest BCUT2D eigenvalue weighted by atomic mass is 32.2. The van der Waals surface area contributed by atoms with Gasteiger partial charge < -0.3 is 4.90 Å². The van der Waals surface area contributed by atoms with E-state index in [0.29, 0.717) is 37.0 Å². The quantitative estimate of drug-likeness (QED) is 0.700. The SMILES string of the molecule is C[C@@H]1C[C@H](C)CN(S(=O)(=O)c2ccc(C(=O)N3CCCSc4ccccc43)cc2)C1.